The lowest BCUT2D eigenvalue weighted by atomic mass is 10.2. The van der Waals surface area contributed by atoms with E-state index in [4.69, 9.17) is 10.00 Å². The zero-order valence-electron chi connectivity index (χ0n) is 12.7. The van der Waals surface area contributed by atoms with Crippen LogP contribution in [0.5, 0.6) is 0 Å². The van der Waals surface area contributed by atoms with Gasteiger partial charge in [-0.25, -0.2) is 9.97 Å². The lowest BCUT2D eigenvalue weighted by Gasteiger charge is -2.24. The Bertz CT molecular complexity index is 457. The van der Waals surface area contributed by atoms with Gasteiger partial charge in [-0.05, 0) is 20.8 Å². The maximum absolute atomic E-state index is 8.80. The van der Waals surface area contributed by atoms with Gasteiger partial charge in [0, 0.05) is 32.3 Å². The average molecular weight is 277 g/mol. The number of nitrogens with zero attached hydrogens (tertiary/aromatic N) is 4. The van der Waals surface area contributed by atoms with Crippen LogP contribution in [0.2, 0.25) is 0 Å². The zero-order valence-corrected chi connectivity index (χ0v) is 12.7. The Hall–Kier alpha value is -1.87. The molecule has 0 fully saturated rings. The van der Waals surface area contributed by atoms with E-state index in [2.05, 4.69) is 21.4 Å². The quantitative estimate of drug-likeness (QED) is 0.785. The van der Waals surface area contributed by atoms with Gasteiger partial charge in [0.15, 0.2) is 5.82 Å². The third-order valence-corrected chi connectivity index (χ3v) is 2.96. The predicted molar refractivity (Wildman–Crippen MR) is 79.6 cm³/mol. The molecule has 1 heterocycles. The summed E-state index contributed by atoms with van der Waals surface area (Å²) in [5, 5.41) is 12.0. The van der Waals surface area contributed by atoms with Crippen LogP contribution in [0.15, 0.2) is 6.07 Å². The van der Waals surface area contributed by atoms with Crippen molar-refractivity contribution in [2.45, 2.75) is 39.8 Å². The van der Waals surface area contributed by atoms with Gasteiger partial charge in [0.05, 0.1) is 12.5 Å². The number of hydrogen-bond acceptors (Lipinski definition) is 6. The number of ether oxygens (including phenoxy) is 1. The van der Waals surface area contributed by atoms with E-state index < -0.39 is 0 Å². The molecule has 20 heavy (non-hydrogen) atoms. The van der Waals surface area contributed by atoms with Crippen LogP contribution in [0, 0.1) is 11.3 Å². The third-order valence-electron chi connectivity index (χ3n) is 2.96. The van der Waals surface area contributed by atoms with Crippen molar-refractivity contribution in [1.29, 1.82) is 5.26 Å². The van der Waals surface area contributed by atoms with Crippen molar-refractivity contribution in [3.63, 3.8) is 0 Å². The molecule has 0 saturated heterocycles. The molecule has 110 valence electrons. The Morgan fingerprint density at radius 2 is 2.20 bits per heavy atom. The minimum absolute atomic E-state index is 0.101. The van der Waals surface area contributed by atoms with Crippen LogP contribution in [0.3, 0.4) is 0 Å². The fraction of sp³-hybridized carbons (Fsp3) is 0.643. The summed E-state index contributed by atoms with van der Waals surface area (Å²) >= 11 is 0. The van der Waals surface area contributed by atoms with E-state index in [1.807, 2.05) is 38.8 Å². The van der Waals surface area contributed by atoms with E-state index in [0.29, 0.717) is 25.5 Å². The van der Waals surface area contributed by atoms with Crippen molar-refractivity contribution in [1.82, 2.24) is 9.97 Å². The van der Waals surface area contributed by atoms with E-state index >= 15 is 0 Å². The molecule has 1 unspecified atom stereocenters. The SMILES string of the molecule is CCNc1cc(N(C)C(C)CC#N)nc(COCC)n1. The van der Waals surface area contributed by atoms with Gasteiger partial charge in [0.1, 0.15) is 18.2 Å². The first kappa shape index (κ1) is 16.2. The molecule has 0 aliphatic rings. The van der Waals surface area contributed by atoms with Gasteiger partial charge in [-0.3, -0.25) is 0 Å². The number of aromatic nitrogens is 2. The Morgan fingerprint density at radius 3 is 2.80 bits per heavy atom. The Balaban J connectivity index is 2.98. The first-order valence-electron chi connectivity index (χ1n) is 6.91. The summed E-state index contributed by atoms with van der Waals surface area (Å²) in [7, 11) is 1.94. The minimum Gasteiger partial charge on any atom is -0.374 e. The molecule has 0 saturated carbocycles. The predicted octanol–water partition coefficient (Wildman–Crippen LogP) is 2.18. The molecule has 0 radical (unpaired) electrons. The van der Waals surface area contributed by atoms with Gasteiger partial charge in [0.2, 0.25) is 0 Å². The molecule has 1 rings (SSSR count). The summed E-state index contributed by atoms with van der Waals surface area (Å²) < 4.78 is 5.37. The van der Waals surface area contributed by atoms with Gasteiger partial charge < -0.3 is 15.0 Å². The van der Waals surface area contributed by atoms with Crippen LogP contribution >= 0.6 is 0 Å². The zero-order chi connectivity index (χ0) is 15.0. The molecule has 1 atom stereocenters. The summed E-state index contributed by atoms with van der Waals surface area (Å²) in [6.07, 6.45) is 0.456. The second-order valence-electron chi connectivity index (χ2n) is 4.52. The van der Waals surface area contributed by atoms with Crippen LogP contribution in [-0.2, 0) is 11.3 Å². The fourth-order valence-corrected chi connectivity index (χ4v) is 1.69. The Morgan fingerprint density at radius 1 is 1.45 bits per heavy atom. The molecule has 0 bridgehead atoms. The molecular weight excluding hydrogens is 254 g/mol. The fourth-order valence-electron chi connectivity index (χ4n) is 1.69. The highest BCUT2D eigenvalue weighted by atomic mass is 16.5. The topological polar surface area (TPSA) is 74.1 Å². The van der Waals surface area contributed by atoms with Crippen molar-refractivity contribution >= 4 is 11.6 Å². The third kappa shape index (κ3) is 4.67. The van der Waals surface area contributed by atoms with Crippen LogP contribution in [0.25, 0.3) is 0 Å². The maximum atomic E-state index is 8.80. The first-order chi connectivity index (χ1) is 9.62. The van der Waals surface area contributed by atoms with Crippen LogP contribution < -0.4 is 10.2 Å². The molecule has 0 amide bonds. The standard InChI is InChI=1S/C14H23N5O/c1-5-16-12-9-14(19(4)11(3)7-8-15)18-13(17-12)10-20-6-2/h9,11H,5-7,10H2,1-4H3,(H,16,17,18). The van der Waals surface area contributed by atoms with Gasteiger partial charge in [-0.1, -0.05) is 0 Å². The van der Waals surface area contributed by atoms with Crippen LogP contribution in [-0.4, -0.2) is 36.2 Å². The number of rotatable bonds is 8. The van der Waals surface area contributed by atoms with Crippen LogP contribution in [0.1, 0.15) is 33.0 Å². The summed E-state index contributed by atoms with van der Waals surface area (Å²) in [5.74, 6) is 2.23. The van der Waals surface area contributed by atoms with Crippen molar-refractivity contribution in [2.24, 2.45) is 0 Å². The highest BCUT2D eigenvalue weighted by Crippen LogP contribution is 2.18. The van der Waals surface area contributed by atoms with Gasteiger partial charge in [-0.2, -0.15) is 5.26 Å². The van der Waals surface area contributed by atoms with E-state index in [-0.39, 0.29) is 6.04 Å². The molecule has 0 aliphatic carbocycles. The van der Waals surface area contributed by atoms with E-state index in [9.17, 15) is 0 Å². The molecular formula is C14H23N5O. The summed E-state index contributed by atoms with van der Waals surface area (Å²) in [4.78, 5) is 10.9. The first-order valence-corrected chi connectivity index (χ1v) is 6.91. The molecule has 6 nitrogen and oxygen atoms in total. The maximum Gasteiger partial charge on any atom is 0.158 e. The number of hydrogen-bond donors (Lipinski definition) is 1. The smallest absolute Gasteiger partial charge is 0.158 e. The summed E-state index contributed by atoms with van der Waals surface area (Å²) in [6.45, 7) is 7.78. The Kier molecular flexibility index (Phi) is 6.74. The monoisotopic (exact) mass is 277 g/mol. The highest BCUT2D eigenvalue weighted by molar-refractivity contribution is 5.49. The van der Waals surface area contributed by atoms with E-state index in [0.717, 1.165) is 18.2 Å². The number of anilines is 2. The molecule has 6 heteroatoms. The summed E-state index contributed by atoms with van der Waals surface area (Å²) in [5.41, 5.74) is 0. The Labute approximate surface area is 120 Å². The molecule has 1 N–H and O–H groups in total. The molecule has 0 aromatic carbocycles. The average Bonchev–Trinajstić information content (AvgIpc) is 2.44. The molecule has 0 aliphatic heterocycles. The van der Waals surface area contributed by atoms with Gasteiger partial charge >= 0.3 is 0 Å². The highest BCUT2D eigenvalue weighted by Gasteiger charge is 2.13. The number of nitriles is 1. The lowest BCUT2D eigenvalue weighted by molar-refractivity contribution is 0.128. The van der Waals surface area contributed by atoms with Crippen LogP contribution in [0.4, 0.5) is 11.6 Å². The van der Waals surface area contributed by atoms with Gasteiger partial charge in [-0.15, -0.1) is 0 Å². The molecule has 0 spiro atoms. The molecule has 1 aromatic rings. The van der Waals surface area contributed by atoms with Gasteiger partial charge in [0.25, 0.3) is 0 Å². The lowest BCUT2D eigenvalue weighted by Crippen LogP contribution is -2.29. The van der Waals surface area contributed by atoms with E-state index in [1.54, 1.807) is 0 Å². The minimum atomic E-state index is 0.101. The van der Waals surface area contributed by atoms with Crippen molar-refractivity contribution < 1.29 is 4.74 Å². The second kappa shape index (κ2) is 8.33. The summed E-state index contributed by atoms with van der Waals surface area (Å²) in [6, 6.07) is 4.18. The second-order valence-corrected chi connectivity index (χ2v) is 4.52. The molecule has 1 aromatic heterocycles. The largest absolute Gasteiger partial charge is 0.374 e. The number of nitrogens with one attached hydrogen (secondary N) is 1. The van der Waals surface area contributed by atoms with E-state index in [1.165, 1.54) is 0 Å². The van der Waals surface area contributed by atoms with Crippen molar-refractivity contribution in [2.75, 3.05) is 30.4 Å². The normalized spacial score (nSPS) is 11.8. The van der Waals surface area contributed by atoms with Crippen molar-refractivity contribution in [3.8, 4) is 6.07 Å². The van der Waals surface area contributed by atoms with Crippen molar-refractivity contribution in [3.05, 3.63) is 11.9 Å².